The van der Waals surface area contributed by atoms with Crippen LogP contribution in [0.4, 0.5) is 0 Å². The van der Waals surface area contributed by atoms with Crippen LogP contribution >= 0.6 is 11.8 Å². The fourth-order valence-electron chi connectivity index (χ4n) is 1.81. The molecule has 0 spiro atoms. The van der Waals surface area contributed by atoms with Crippen molar-refractivity contribution in [1.82, 2.24) is 0 Å². The summed E-state index contributed by atoms with van der Waals surface area (Å²) in [5.41, 5.74) is 2.07. The van der Waals surface area contributed by atoms with E-state index in [9.17, 15) is 4.79 Å². The highest BCUT2D eigenvalue weighted by atomic mass is 32.2. The zero-order valence-electron chi connectivity index (χ0n) is 12.5. The third kappa shape index (κ3) is 6.07. The highest BCUT2D eigenvalue weighted by molar-refractivity contribution is 8.13. The minimum Gasteiger partial charge on any atom is -0.489 e. The maximum absolute atomic E-state index is 10.8. The van der Waals surface area contributed by atoms with Gasteiger partial charge in [-0.05, 0) is 23.8 Å². The molecule has 0 saturated heterocycles. The highest BCUT2D eigenvalue weighted by Crippen LogP contribution is 2.14. The van der Waals surface area contributed by atoms with Crippen molar-refractivity contribution in [2.24, 2.45) is 0 Å². The lowest BCUT2D eigenvalue weighted by atomic mass is 10.2. The second kappa shape index (κ2) is 8.96. The zero-order valence-corrected chi connectivity index (χ0v) is 13.4. The number of hydrogen-bond donors (Lipinski definition) is 0. The molecule has 0 N–H and O–H groups in total. The predicted molar refractivity (Wildman–Crippen MR) is 91.9 cm³/mol. The van der Waals surface area contributed by atoms with E-state index in [1.54, 1.807) is 6.92 Å². The lowest BCUT2D eigenvalue weighted by Crippen LogP contribution is -1.95. The number of hydrogen-bond acceptors (Lipinski definition) is 3. The van der Waals surface area contributed by atoms with Gasteiger partial charge in [-0.2, -0.15) is 0 Å². The van der Waals surface area contributed by atoms with Crippen LogP contribution in [-0.4, -0.2) is 10.9 Å². The van der Waals surface area contributed by atoms with Gasteiger partial charge in [-0.1, -0.05) is 60.0 Å². The van der Waals surface area contributed by atoms with Crippen LogP contribution in [0.25, 0.3) is 0 Å². The monoisotopic (exact) mass is 310 g/mol. The van der Waals surface area contributed by atoms with E-state index in [1.165, 1.54) is 11.8 Å². The van der Waals surface area contributed by atoms with Crippen molar-refractivity contribution in [2.75, 3.05) is 5.75 Å². The maximum Gasteiger partial charge on any atom is 0.185 e. The molecule has 0 radical (unpaired) electrons. The van der Waals surface area contributed by atoms with Crippen molar-refractivity contribution in [2.45, 2.75) is 20.0 Å². The summed E-state index contributed by atoms with van der Waals surface area (Å²) < 4.78 is 5.78. The molecule has 2 aromatic carbocycles. The molecule has 0 aliphatic carbocycles. The second-order valence-corrected chi connectivity index (χ2v) is 5.97. The zero-order chi connectivity index (χ0) is 15.6. The van der Waals surface area contributed by atoms with Crippen LogP contribution in [0.5, 0.6) is 5.75 Å². The summed E-state index contributed by atoms with van der Waals surface area (Å²) in [6, 6.07) is 17.8. The number of thioether (sulfide) groups is 1. The number of benzene rings is 2. The van der Waals surface area contributed by atoms with Gasteiger partial charge in [-0.25, -0.2) is 0 Å². The van der Waals surface area contributed by atoms with Gasteiger partial charge in [0.1, 0.15) is 12.4 Å². The van der Waals surface area contributed by atoms with Crippen molar-refractivity contribution in [3.8, 4) is 17.6 Å². The molecular weight excluding hydrogens is 292 g/mol. The molecule has 0 aliphatic rings. The summed E-state index contributed by atoms with van der Waals surface area (Å²) >= 11 is 1.31. The molecule has 0 aromatic heterocycles. The van der Waals surface area contributed by atoms with Gasteiger partial charge in [0.25, 0.3) is 0 Å². The maximum atomic E-state index is 10.8. The van der Waals surface area contributed by atoms with Crippen LogP contribution in [0, 0.1) is 11.8 Å². The third-order valence-electron chi connectivity index (χ3n) is 2.85. The molecule has 0 atom stereocenters. The molecule has 0 bridgehead atoms. The van der Waals surface area contributed by atoms with Crippen LogP contribution in [-0.2, 0) is 11.4 Å². The van der Waals surface area contributed by atoms with Gasteiger partial charge in [0.05, 0.1) is 0 Å². The Bertz CT molecular complexity index is 669. The molecule has 0 aliphatic heterocycles. The molecule has 0 heterocycles. The van der Waals surface area contributed by atoms with Crippen molar-refractivity contribution < 1.29 is 9.53 Å². The largest absolute Gasteiger partial charge is 0.489 e. The molecule has 0 saturated carbocycles. The van der Waals surface area contributed by atoms with E-state index in [0.717, 1.165) is 22.6 Å². The molecule has 0 unspecified atom stereocenters. The molecule has 0 amide bonds. The average molecular weight is 310 g/mol. The van der Waals surface area contributed by atoms with Gasteiger partial charge >= 0.3 is 0 Å². The van der Waals surface area contributed by atoms with E-state index in [2.05, 4.69) is 11.8 Å². The van der Waals surface area contributed by atoms with E-state index in [4.69, 9.17) is 4.74 Å². The van der Waals surface area contributed by atoms with Crippen molar-refractivity contribution in [1.29, 1.82) is 0 Å². The molecule has 2 aromatic rings. The quantitative estimate of drug-likeness (QED) is 0.609. The molecule has 112 valence electrons. The van der Waals surface area contributed by atoms with Gasteiger partial charge < -0.3 is 4.74 Å². The van der Waals surface area contributed by atoms with Crippen LogP contribution < -0.4 is 4.74 Å². The first-order valence-corrected chi connectivity index (χ1v) is 8.11. The highest BCUT2D eigenvalue weighted by Gasteiger charge is 1.96. The Morgan fingerprint density at radius 3 is 2.73 bits per heavy atom. The minimum atomic E-state index is 0.137. The second-order valence-electron chi connectivity index (χ2n) is 4.69. The lowest BCUT2D eigenvalue weighted by molar-refractivity contribution is -0.109. The SMILES string of the molecule is CC(=O)SCCC#Cc1cccc(OCc2ccccc2)c1. The lowest BCUT2D eigenvalue weighted by Gasteiger charge is -2.06. The first-order chi connectivity index (χ1) is 10.7. The predicted octanol–water partition coefficient (Wildman–Crippen LogP) is 4.29. The van der Waals surface area contributed by atoms with E-state index in [0.29, 0.717) is 13.0 Å². The Kier molecular flexibility index (Phi) is 6.60. The van der Waals surface area contributed by atoms with Crippen LogP contribution in [0.3, 0.4) is 0 Å². The summed E-state index contributed by atoms with van der Waals surface area (Å²) in [6.07, 6.45) is 0.708. The first-order valence-electron chi connectivity index (χ1n) is 7.13. The smallest absolute Gasteiger partial charge is 0.185 e. The average Bonchev–Trinajstić information content (AvgIpc) is 2.54. The first kappa shape index (κ1) is 16.2. The van der Waals surface area contributed by atoms with Crippen molar-refractivity contribution in [3.05, 3.63) is 65.7 Å². The summed E-state index contributed by atoms with van der Waals surface area (Å²) in [5, 5.41) is 0.137. The molecule has 0 fully saturated rings. The van der Waals surface area contributed by atoms with Crippen LogP contribution in [0.15, 0.2) is 54.6 Å². The normalized spacial score (nSPS) is 9.68. The topological polar surface area (TPSA) is 26.3 Å². The Morgan fingerprint density at radius 2 is 1.95 bits per heavy atom. The number of ether oxygens (including phenoxy) is 1. The van der Waals surface area contributed by atoms with Gasteiger partial charge in [-0.15, -0.1) is 0 Å². The number of carbonyl (C=O) groups excluding carboxylic acids is 1. The fourth-order valence-corrected chi connectivity index (χ4v) is 2.31. The van der Waals surface area contributed by atoms with Gasteiger partial charge in [0, 0.05) is 24.7 Å². The molecule has 22 heavy (non-hydrogen) atoms. The van der Waals surface area contributed by atoms with E-state index >= 15 is 0 Å². The summed E-state index contributed by atoms with van der Waals surface area (Å²) in [4.78, 5) is 10.8. The summed E-state index contributed by atoms with van der Waals surface area (Å²) in [6.45, 7) is 2.12. The Morgan fingerprint density at radius 1 is 1.14 bits per heavy atom. The Balaban J connectivity index is 1.87. The summed E-state index contributed by atoms with van der Waals surface area (Å²) in [7, 11) is 0. The van der Waals surface area contributed by atoms with Crippen molar-refractivity contribution in [3.63, 3.8) is 0 Å². The molecule has 2 nitrogen and oxygen atoms in total. The van der Waals surface area contributed by atoms with Gasteiger partial charge in [0.15, 0.2) is 5.12 Å². The number of rotatable bonds is 5. The van der Waals surface area contributed by atoms with Crippen LogP contribution in [0.1, 0.15) is 24.5 Å². The molecule has 3 heteroatoms. The summed E-state index contributed by atoms with van der Waals surface area (Å²) in [5.74, 6) is 7.74. The molecular formula is C19H18O2S. The van der Waals surface area contributed by atoms with Gasteiger partial charge in [-0.3, -0.25) is 4.79 Å². The Hall–Kier alpha value is -2.18. The molecule has 2 rings (SSSR count). The standard InChI is InChI=1S/C19H18O2S/c1-16(20)22-13-6-5-8-17-11-7-12-19(14-17)21-15-18-9-3-2-4-10-18/h2-4,7,9-12,14H,6,13,15H2,1H3. The minimum absolute atomic E-state index is 0.137. The van der Waals surface area contributed by atoms with Crippen molar-refractivity contribution >= 4 is 16.9 Å². The third-order valence-corrected chi connectivity index (χ3v) is 3.66. The number of carbonyl (C=O) groups is 1. The fraction of sp³-hybridized carbons (Fsp3) is 0.211. The van der Waals surface area contributed by atoms with Gasteiger partial charge in [0.2, 0.25) is 0 Å². The van der Waals surface area contributed by atoms with E-state index in [-0.39, 0.29) is 5.12 Å². The van der Waals surface area contributed by atoms with Crippen LogP contribution in [0.2, 0.25) is 0 Å². The Labute approximate surface area is 135 Å². The van der Waals surface area contributed by atoms with E-state index < -0.39 is 0 Å². The van der Waals surface area contributed by atoms with E-state index in [1.807, 2.05) is 54.6 Å².